The molecule has 19 heavy (non-hydrogen) atoms. The number of aromatic nitrogens is 2. The minimum absolute atomic E-state index is 0.208. The number of hydrogen-bond donors (Lipinski definition) is 1. The second-order valence-electron chi connectivity index (χ2n) is 4.45. The quantitative estimate of drug-likeness (QED) is 0.905. The topological polar surface area (TPSA) is 29.9 Å². The first kappa shape index (κ1) is 14.4. The van der Waals surface area contributed by atoms with Gasteiger partial charge in [-0.3, -0.25) is 4.68 Å². The second-order valence-corrected chi connectivity index (χ2v) is 5.30. The summed E-state index contributed by atoms with van der Waals surface area (Å²) < 4.78 is 1.86. The predicted octanol–water partition coefficient (Wildman–Crippen LogP) is 3.97. The molecule has 1 atom stereocenters. The summed E-state index contributed by atoms with van der Waals surface area (Å²) in [5.74, 6) is 0. The first-order valence-electron chi connectivity index (χ1n) is 6.27. The highest BCUT2D eigenvalue weighted by Crippen LogP contribution is 2.28. The highest BCUT2D eigenvalue weighted by atomic mass is 35.5. The second kappa shape index (κ2) is 6.42. The Kier molecular flexibility index (Phi) is 4.86. The van der Waals surface area contributed by atoms with Crippen LogP contribution in [0.25, 0.3) is 0 Å². The van der Waals surface area contributed by atoms with Gasteiger partial charge in [0, 0.05) is 35.9 Å². The fraction of sp³-hybridized carbons (Fsp3) is 0.357. The van der Waals surface area contributed by atoms with Crippen molar-refractivity contribution in [2.45, 2.75) is 25.9 Å². The van der Waals surface area contributed by atoms with E-state index in [2.05, 4.69) is 17.3 Å². The standard InChI is InChI=1S/C14H17Cl2N3/c1-3-14(12-5-4-10(15)8-13(12)16)17-9-11-6-7-18-19(11)2/h4-8,14,17H,3,9H2,1-2H3. The number of rotatable bonds is 5. The Morgan fingerprint density at radius 2 is 2.11 bits per heavy atom. The van der Waals surface area contributed by atoms with Gasteiger partial charge in [0.15, 0.2) is 0 Å². The number of nitrogens with one attached hydrogen (secondary N) is 1. The Bertz CT molecular complexity index is 551. The van der Waals surface area contributed by atoms with Gasteiger partial charge >= 0.3 is 0 Å². The average molecular weight is 298 g/mol. The van der Waals surface area contributed by atoms with Gasteiger partial charge in [-0.05, 0) is 30.2 Å². The van der Waals surface area contributed by atoms with Crippen molar-refractivity contribution in [1.29, 1.82) is 0 Å². The van der Waals surface area contributed by atoms with Crippen LogP contribution in [0.15, 0.2) is 30.5 Å². The van der Waals surface area contributed by atoms with E-state index in [0.29, 0.717) is 10.0 Å². The van der Waals surface area contributed by atoms with Crippen LogP contribution in [0.4, 0.5) is 0 Å². The molecule has 0 aliphatic rings. The molecular weight excluding hydrogens is 281 g/mol. The third kappa shape index (κ3) is 3.50. The molecule has 1 aromatic heterocycles. The summed E-state index contributed by atoms with van der Waals surface area (Å²) in [4.78, 5) is 0. The molecule has 2 rings (SSSR count). The van der Waals surface area contributed by atoms with E-state index < -0.39 is 0 Å². The molecule has 0 saturated carbocycles. The Morgan fingerprint density at radius 1 is 1.32 bits per heavy atom. The number of aryl methyl sites for hydroxylation is 1. The maximum atomic E-state index is 6.25. The van der Waals surface area contributed by atoms with Crippen molar-refractivity contribution in [2.24, 2.45) is 7.05 Å². The molecule has 1 heterocycles. The Morgan fingerprint density at radius 3 is 2.68 bits per heavy atom. The zero-order valence-electron chi connectivity index (χ0n) is 11.0. The van der Waals surface area contributed by atoms with Gasteiger partial charge < -0.3 is 5.32 Å². The lowest BCUT2D eigenvalue weighted by Gasteiger charge is -2.19. The molecule has 0 aliphatic heterocycles. The van der Waals surface area contributed by atoms with E-state index in [-0.39, 0.29) is 6.04 Å². The van der Waals surface area contributed by atoms with Gasteiger partial charge in [-0.1, -0.05) is 36.2 Å². The molecule has 0 radical (unpaired) electrons. The van der Waals surface area contributed by atoms with Gasteiger partial charge in [0.1, 0.15) is 0 Å². The lowest BCUT2D eigenvalue weighted by atomic mass is 10.0. The lowest BCUT2D eigenvalue weighted by molar-refractivity contribution is 0.503. The third-order valence-corrected chi connectivity index (χ3v) is 3.76. The highest BCUT2D eigenvalue weighted by Gasteiger charge is 2.13. The minimum atomic E-state index is 0.208. The summed E-state index contributed by atoms with van der Waals surface area (Å²) in [7, 11) is 1.94. The first-order valence-corrected chi connectivity index (χ1v) is 7.02. The van der Waals surface area contributed by atoms with Crippen LogP contribution in [-0.2, 0) is 13.6 Å². The Balaban J connectivity index is 2.10. The van der Waals surface area contributed by atoms with Crippen LogP contribution in [0.3, 0.4) is 0 Å². The smallest absolute Gasteiger partial charge is 0.0518 e. The molecule has 102 valence electrons. The van der Waals surface area contributed by atoms with Gasteiger partial charge in [-0.25, -0.2) is 0 Å². The molecule has 0 bridgehead atoms. The lowest BCUT2D eigenvalue weighted by Crippen LogP contribution is -2.22. The summed E-state index contributed by atoms with van der Waals surface area (Å²) in [6.45, 7) is 2.89. The third-order valence-electron chi connectivity index (χ3n) is 3.20. The van der Waals surface area contributed by atoms with E-state index in [0.717, 1.165) is 24.2 Å². The molecule has 0 aliphatic carbocycles. The van der Waals surface area contributed by atoms with Crippen molar-refractivity contribution in [3.05, 3.63) is 51.8 Å². The van der Waals surface area contributed by atoms with Crippen molar-refractivity contribution in [3.8, 4) is 0 Å². The maximum Gasteiger partial charge on any atom is 0.0518 e. The monoisotopic (exact) mass is 297 g/mol. The zero-order valence-corrected chi connectivity index (χ0v) is 12.5. The largest absolute Gasteiger partial charge is 0.304 e. The molecule has 5 heteroatoms. The molecular formula is C14H17Cl2N3. The zero-order chi connectivity index (χ0) is 13.8. The summed E-state index contributed by atoms with van der Waals surface area (Å²) >= 11 is 12.2. The molecule has 0 fully saturated rings. The molecule has 1 aromatic carbocycles. The molecule has 1 unspecified atom stereocenters. The summed E-state index contributed by atoms with van der Waals surface area (Å²) in [5.41, 5.74) is 2.22. The van der Waals surface area contributed by atoms with Gasteiger partial charge in [-0.2, -0.15) is 5.10 Å². The summed E-state index contributed by atoms with van der Waals surface area (Å²) in [6, 6.07) is 7.85. The van der Waals surface area contributed by atoms with Crippen LogP contribution in [0.2, 0.25) is 10.0 Å². The van der Waals surface area contributed by atoms with Crippen molar-refractivity contribution < 1.29 is 0 Å². The summed E-state index contributed by atoms with van der Waals surface area (Å²) in [6.07, 6.45) is 2.76. The minimum Gasteiger partial charge on any atom is -0.304 e. The van der Waals surface area contributed by atoms with Crippen LogP contribution in [0.1, 0.15) is 30.6 Å². The van der Waals surface area contributed by atoms with Crippen molar-refractivity contribution in [2.75, 3.05) is 0 Å². The van der Waals surface area contributed by atoms with E-state index in [1.54, 1.807) is 12.3 Å². The molecule has 1 N–H and O–H groups in total. The normalized spacial score (nSPS) is 12.6. The highest BCUT2D eigenvalue weighted by molar-refractivity contribution is 6.35. The summed E-state index contributed by atoms with van der Waals surface area (Å²) in [5, 5.41) is 9.02. The van der Waals surface area contributed by atoms with Gasteiger partial charge in [0.2, 0.25) is 0 Å². The van der Waals surface area contributed by atoms with Crippen LogP contribution in [-0.4, -0.2) is 9.78 Å². The predicted molar refractivity (Wildman–Crippen MR) is 79.5 cm³/mol. The number of halogens is 2. The van der Waals surface area contributed by atoms with Crippen molar-refractivity contribution in [3.63, 3.8) is 0 Å². The van der Waals surface area contributed by atoms with E-state index in [1.807, 2.05) is 29.9 Å². The van der Waals surface area contributed by atoms with Crippen LogP contribution in [0.5, 0.6) is 0 Å². The molecule has 2 aromatic rings. The maximum absolute atomic E-state index is 6.25. The van der Waals surface area contributed by atoms with E-state index in [4.69, 9.17) is 23.2 Å². The van der Waals surface area contributed by atoms with Gasteiger partial charge in [0.25, 0.3) is 0 Å². The van der Waals surface area contributed by atoms with E-state index >= 15 is 0 Å². The van der Waals surface area contributed by atoms with Gasteiger partial charge in [0.05, 0.1) is 5.69 Å². The van der Waals surface area contributed by atoms with Crippen LogP contribution in [0, 0.1) is 0 Å². The molecule has 0 amide bonds. The number of benzene rings is 1. The van der Waals surface area contributed by atoms with E-state index in [9.17, 15) is 0 Å². The SMILES string of the molecule is CCC(NCc1ccnn1C)c1ccc(Cl)cc1Cl. The number of nitrogens with zero attached hydrogens (tertiary/aromatic N) is 2. The molecule has 0 saturated heterocycles. The molecule has 3 nitrogen and oxygen atoms in total. The fourth-order valence-corrected chi connectivity index (χ4v) is 2.60. The molecule has 0 spiro atoms. The Hall–Kier alpha value is -1.03. The fourth-order valence-electron chi connectivity index (χ4n) is 2.06. The van der Waals surface area contributed by atoms with E-state index in [1.165, 1.54) is 0 Å². The average Bonchev–Trinajstić information content (AvgIpc) is 2.78. The van der Waals surface area contributed by atoms with Crippen molar-refractivity contribution in [1.82, 2.24) is 15.1 Å². The number of hydrogen-bond acceptors (Lipinski definition) is 2. The van der Waals surface area contributed by atoms with Gasteiger partial charge in [-0.15, -0.1) is 0 Å². The van der Waals surface area contributed by atoms with Crippen LogP contribution >= 0.6 is 23.2 Å². The Labute approximate surface area is 123 Å². The first-order chi connectivity index (χ1) is 9.11. The van der Waals surface area contributed by atoms with Crippen molar-refractivity contribution >= 4 is 23.2 Å². The van der Waals surface area contributed by atoms with Crippen LogP contribution < -0.4 is 5.32 Å².